The molecule has 2 heteroatoms. The third-order valence-electron chi connectivity index (χ3n) is 3.33. The quantitative estimate of drug-likeness (QED) is 0.682. The summed E-state index contributed by atoms with van der Waals surface area (Å²) >= 11 is 0. The van der Waals surface area contributed by atoms with E-state index in [-0.39, 0.29) is 6.04 Å². The van der Waals surface area contributed by atoms with Crippen molar-refractivity contribution < 1.29 is 4.79 Å². The zero-order chi connectivity index (χ0) is 12.5. The lowest BCUT2D eigenvalue weighted by Gasteiger charge is -2.26. The molecule has 0 fully saturated rings. The Morgan fingerprint density at radius 2 is 1.94 bits per heavy atom. The molecule has 0 radical (unpaired) electrons. The van der Waals surface area contributed by atoms with Crippen molar-refractivity contribution in [3.05, 3.63) is 35.9 Å². The summed E-state index contributed by atoms with van der Waals surface area (Å²) < 4.78 is 0. The second-order valence-electron chi connectivity index (χ2n) is 4.48. The fraction of sp³-hybridized carbons (Fsp3) is 0.533. The number of carbonyl (C=O) groups is 1. The van der Waals surface area contributed by atoms with Gasteiger partial charge in [0.1, 0.15) is 0 Å². The zero-order valence-electron chi connectivity index (χ0n) is 10.9. The van der Waals surface area contributed by atoms with E-state index in [4.69, 9.17) is 0 Å². The van der Waals surface area contributed by atoms with E-state index < -0.39 is 0 Å². The number of benzene rings is 1. The molecular formula is C15H23NO. The van der Waals surface area contributed by atoms with E-state index in [9.17, 15) is 4.79 Å². The van der Waals surface area contributed by atoms with Gasteiger partial charge in [0.25, 0.3) is 0 Å². The van der Waals surface area contributed by atoms with Crippen LogP contribution in [0.3, 0.4) is 0 Å². The first kappa shape index (κ1) is 13.8. The van der Waals surface area contributed by atoms with Crippen LogP contribution >= 0.6 is 0 Å². The van der Waals surface area contributed by atoms with Crippen LogP contribution in [0.4, 0.5) is 0 Å². The average molecular weight is 233 g/mol. The van der Waals surface area contributed by atoms with Crippen molar-refractivity contribution in [1.82, 2.24) is 5.32 Å². The average Bonchev–Trinajstić information content (AvgIpc) is 2.39. The van der Waals surface area contributed by atoms with Crippen LogP contribution < -0.4 is 5.32 Å². The van der Waals surface area contributed by atoms with Gasteiger partial charge < -0.3 is 5.32 Å². The van der Waals surface area contributed by atoms with Gasteiger partial charge in [-0.1, -0.05) is 63.4 Å². The summed E-state index contributed by atoms with van der Waals surface area (Å²) in [5, 5.41) is 2.98. The molecule has 0 saturated heterocycles. The Bertz CT molecular complexity index is 310. The van der Waals surface area contributed by atoms with Crippen LogP contribution in [0.25, 0.3) is 0 Å². The van der Waals surface area contributed by atoms with Crippen molar-refractivity contribution in [2.45, 2.75) is 45.6 Å². The molecule has 0 bridgehead atoms. The third kappa shape index (κ3) is 4.22. The van der Waals surface area contributed by atoms with Crippen molar-refractivity contribution in [2.75, 3.05) is 0 Å². The molecule has 0 aromatic heterocycles. The van der Waals surface area contributed by atoms with Crippen molar-refractivity contribution in [3.63, 3.8) is 0 Å². The smallest absolute Gasteiger partial charge is 0.207 e. The SMILES string of the molecule is CCCCC(CC)C(NC=O)c1ccccc1. The fourth-order valence-electron chi connectivity index (χ4n) is 2.31. The van der Waals surface area contributed by atoms with Crippen molar-refractivity contribution in [1.29, 1.82) is 0 Å². The van der Waals surface area contributed by atoms with E-state index in [0.29, 0.717) is 5.92 Å². The van der Waals surface area contributed by atoms with Gasteiger partial charge in [0.15, 0.2) is 0 Å². The van der Waals surface area contributed by atoms with Crippen LogP contribution in [0.5, 0.6) is 0 Å². The van der Waals surface area contributed by atoms with E-state index in [1.54, 1.807) is 0 Å². The van der Waals surface area contributed by atoms with Gasteiger partial charge in [-0.2, -0.15) is 0 Å². The first-order chi connectivity index (χ1) is 8.33. The second kappa shape index (κ2) is 7.88. The molecular weight excluding hydrogens is 210 g/mol. The minimum atomic E-state index is 0.158. The minimum absolute atomic E-state index is 0.158. The predicted molar refractivity (Wildman–Crippen MR) is 71.7 cm³/mol. The van der Waals surface area contributed by atoms with Crippen LogP contribution in [0.2, 0.25) is 0 Å². The van der Waals surface area contributed by atoms with Crippen LogP contribution in [0, 0.1) is 5.92 Å². The topological polar surface area (TPSA) is 29.1 Å². The highest BCUT2D eigenvalue weighted by atomic mass is 16.1. The van der Waals surface area contributed by atoms with Gasteiger partial charge in [0, 0.05) is 0 Å². The molecule has 0 aliphatic heterocycles. The fourth-order valence-corrected chi connectivity index (χ4v) is 2.31. The number of unbranched alkanes of at least 4 members (excludes halogenated alkanes) is 1. The van der Waals surface area contributed by atoms with E-state index >= 15 is 0 Å². The first-order valence-electron chi connectivity index (χ1n) is 6.58. The van der Waals surface area contributed by atoms with Gasteiger partial charge in [-0.05, 0) is 17.9 Å². The van der Waals surface area contributed by atoms with Gasteiger partial charge in [0.2, 0.25) is 6.41 Å². The third-order valence-corrected chi connectivity index (χ3v) is 3.33. The van der Waals surface area contributed by atoms with E-state index in [2.05, 4.69) is 31.3 Å². The Kier molecular flexibility index (Phi) is 6.38. The summed E-state index contributed by atoms with van der Waals surface area (Å²) in [5.41, 5.74) is 1.21. The zero-order valence-corrected chi connectivity index (χ0v) is 10.9. The molecule has 1 amide bonds. The minimum Gasteiger partial charge on any atom is -0.352 e. The Labute approximate surface area is 104 Å². The maximum atomic E-state index is 10.8. The van der Waals surface area contributed by atoms with E-state index in [1.165, 1.54) is 24.8 Å². The summed E-state index contributed by atoms with van der Waals surface area (Å²) in [5.74, 6) is 0.530. The van der Waals surface area contributed by atoms with Gasteiger partial charge >= 0.3 is 0 Å². The molecule has 17 heavy (non-hydrogen) atoms. The molecule has 0 heterocycles. The van der Waals surface area contributed by atoms with Crippen LogP contribution in [-0.2, 0) is 4.79 Å². The first-order valence-corrected chi connectivity index (χ1v) is 6.58. The van der Waals surface area contributed by atoms with Gasteiger partial charge in [-0.25, -0.2) is 0 Å². The monoisotopic (exact) mass is 233 g/mol. The van der Waals surface area contributed by atoms with Gasteiger partial charge in [-0.3, -0.25) is 4.79 Å². The Balaban J connectivity index is 2.79. The van der Waals surface area contributed by atoms with Crippen molar-refractivity contribution in [2.24, 2.45) is 5.92 Å². The summed E-state index contributed by atoms with van der Waals surface area (Å²) in [7, 11) is 0. The Hall–Kier alpha value is -1.31. The number of nitrogens with one attached hydrogen (secondary N) is 1. The van der Waals surface area contributed by atoms with Crippen molar-refractivity contribution >= 4 is 6.41 Å². The lowest BCUT2D eigenvalue weighted by atomic mass is 9.87. The second-order valence-corrected chi connectivity index (χ2v) is 4.48. The molecule has 2 unspecified atom stereocenters. The molecule has 0 saturated carbocycles. The van der Waals surface area contributed by atoms with E-state index in [1.807, 2.05) is 18.2 Å². The molecule has 2 nitrogen and oxygen atoms in total. The Morgan fingerprint density at radius 1 is 1.24 bits per heavy atom. The molecule has 94 valence electrons. The van der Waals surface area contributed by atoms with Gasteiger partial charge in [0.05, 0.1) is 6.04 Å². The van der Waals surface area contributed by atoms with Gasteiger partial charge in [-0.15, -0.1) is 0 Å². The van der Waals surface area contributed by atoms with Crippen molar-refractivity contribution in [3.8, 4) is 0 Å². The van der Waals surface area contributed by atoms with Crippen LogP contribution in [0.1, 0.15) is 51.1 Å². The molecule has 1 aromatic carbocycles. The summed E-state index contributed by atoms with van der Waals surface area (Å²) in [6, 6.07) is 10.4. The van der Waals surface area contributed by atoms with Crippen LogP contribution in [0.15, 0.2) is 30.3 Å². The number of rotatable bonds is 8. The largest absolute Gasteiger partial charge is 0.352 e. The lowest BCUT2D eigenvalue weighted by molar-refractivity contribution is -0.110. The lowest BCUT2D eigenvalue weighted by Crippen LogP contribution is -2.27. The molecule has 0 aliphatic carbocycles. The molecule has 2 atom stereocenters. The maximum absolute atomic E-state index is 10.8. The predicted octanol–water partition coefficient (Wildman–Crippen LogP) is 3.69. The summed E-state index contributed by atoms with van der Waals surface area (Å²) in [4.78, 5) is 10.8. The van der Waals surface area contributed by atoms with Crippen LogP contribution in [-0.4, -0.2) is 6.41 Å². The summed E-state index contributed by atoms with van der Waals surface area (Å²) in [6.45, 7) is 4.40. The number of amides is 1. The Morgan fingerprint density at radius 3 is 2.47 bits per heavy atom. The number of hydrogen-bond donors (Lipinski definition) is 1. The standard InChI is InChI=1S/C15H23NO/c1-3-5-9-13(4-2)15(16-12-17)14-10-7-6-8-11-14/h6-8,10-13,15H,3-5,9H2,1-2H3,(H,16,17). The molecule has 1 N–H and O–H groups in total. The number of hydrogen-bond acceptors (Lipinski definition) is 1. The maximum Gasteiger partial charge on any atom is 0.207 e. The highest BCUT2D eigenvalue weighted by molar-refractivity contribution is 5.48. The molecule has 1 rings (SSSR count). The highest BCUT2D eigenvalue weighted by Gasteiger charge is 2.20. The van der Waals surface area contributed by atoms with E-state index in [0.717, 1.165) is 12.8 Å². The highest BCUT2D eigenvalue weighted by Crippen LogP contribution is 2.28. The normalized spacial score (nSPS) is 14.0. The molecule has 0 aliphatic rings. The molecule has 0 spiro atoms. The summed E-state index contributed by atoms with van der Waals surface area (Å²) in [6.07, 6.45) is 5.53. The number of carbonyl (C=O) groups excluding carboxylic acids is 1. The molecule has 1 aromatic rings.